The van der Waals surface area contributed by atoms with Crippen LogP contribution >= 0.6 is 12.4 Å². The number of allylic oxidation sites excluding steroid dienone is 1. The molecule has 0 heterocycles. The van der Waals surface area contributed by atoms with Gasteiger partial charge < -0.3 is 10.8 Å². The first kappa shape index (κ1) is 11.3. The van der Waals surface area contributed by atoms with Gasteiger partial charge in [-0.3, -0.25) is 0 Å². The van der Waals surface area contributed by atoms with Gasteiger partial charge in [-0.25, -0.2) is 4.79 Å². The molecule has 0 aromatic carbocycles. The lowest BCUT2D eigenvalue weighted by atomic mass is 9.88. The molecule has 3 nitrogen and oxygen atoms in total. The third-order valence-corrected chi connectivity index (χ3v) is 2.10. The maximum absolute atomic E-state index is 10.6. The normalized spacial score (nSPS) is 23.2. The molecule has 0 amide bonds. The van der Waals surface area contributed by atoms with Crippen LogP contribution in [0.25, 0.3) is 0 Å². The molecule has 4 heteroatoms. The van der Waals surface area contributed by atoms with Crippen molar-refractivity contribution in [2.75, 3.05) is 0 Å². The van der Waals surface area contributed by atoms with E-state index in [0.29, 0.717) is 23.6 Å². The minimum Gasteiger partial charge on any atom is -0.478 e. The monoisotopic (exact) mass is 191 g/mol. The lowest BCUT2D eigenvalue weighted by molar-refractivity contribution is -0.133. The lowest BCUT2D eigenvalue weighted by Crippen LogP contribution is -2.18. The average molecular weight is 192 g/mol. The van der Waals surface area contributed by atoms with E-state index in [2.05, 4.69) is 6.92 Å². The molecule has 0 fully saturated rings. The summed E-state index contributed by atoms with van der Waals surface area (Å²) in [5.74, 6) is -0.387. The Morgan fingerprint density at radius 3 is 2.67 bits per heavy atom. The molecule has 0 saturated heterocycles. The van der Waals surface area contributed by atoms with Crippen LogP contribution in [0, 0.1) is 5.92 Å². The summed E-state index contributed by atoms with van der Waals surface area (Å²) >= 11 is 0. The van der Waals surface area contributed by atoms with Gasteiger partial charge >= 0.3 is 5.97 Å². The van der Waals surface area contributed by atoms with E-state index in [1.54, 1.807) is 0 Å². The van der Waals surface area contributed by atoms with Crippen LogP contribution in [0.5, 0.6) is 0 Å². The van der Waals surface area contributed by atoms with Crippen molar-refractivity contribution in [1.82, 2.24) is 0 Å². The minimum absolute atomic E-state index is 0. The number of nitrogens with two attached hydrogens (primary N) is 1. The Balaban J connectivity index is 0.00000121. The predicted octanol–water partition coefficient (Wildman–Crippen LogP) is 1.53. The van der Waals surface area contributed by atoms with E-state index in [1.165, 1.54) is 0 Å². The summed E-state index contributed by atoms with van der Waals surface area (Å²) in [5.41, 5.74) is 6.53. The average Bonchev–Trinajstić information content (AvgIpc) is 1.94. The first-order valence-corrected chi connectivity index (χ1v) is 3.82. The number of hydrogen-bond acceptors (Lipinski definition) is 2. The first-order valence-electron chi connectivity index (χ1n) is 3.82. The topological polar surface area (TPSA) is 63.3 Å². The standard InChI is InChI=1S/C8H13NO2.ClH/c1-5-2-3-7(9)6(4-5)8(10)11;/h5H,2-4,9H2,1H3,(H,10,11);1H. The van der Waals surface area contributed by atoms with E-state index in [-0.39, 0.29) is 12.4 Å². The van der Waals surface area contributed by atoms with Crippen LogP contribution in [0.15, 0.2) is 11.3 Å². The van der Waals surface area contributed by atoms with Crippen molar-refractivity contribution in [3.63, 3.8) is 0 Å². The fraction of sp³-hybridized carbons (Fsp3) is 0.625. The summed E-state index contributed by atoms with van der Waals surface area (Å²) in [5, 5.41) is 8.69. The maximum atomic E-state index is 10.6. The number of aliphatic carboxylic acids is 1. The number of carbonyl (C=O) groups is 1. The van der Waals surface area contributed by atoms with Gasteiger partial charge in [0.15, 0.2) is 0 Å². The SMILES string of the molecule is CC1CCC(N)=C(C(=O)O)C1.Cl. The van der Waals surface area contributed by atoms with E-state index in [9.17, 15) is 4.79 Å². The van der Waals surface area contributed by atoms with Crippen molar-refractivity contribution in [3.8, 4) is 0 Å². The molecule has 1 aliphatic carbocycles. The van der Waals surface area contributed by atoms with Crippen molar-refractivity contribution in [2.45, 2.75) is 26.2 Å². The van der Waals surface area contributed by atoms with Crippen molar-refractivity contribution < 1.29 is 9.90 Å². The predicted molar refractivity (Wildman–Crippen MR) is 49.1 cm³/mol. The summed E-state index contributed by atoms with van der Waals surface area (Å²) in [6.45, 7) is 2.05. The van der Waals surface area contributed by atoms with Gasteiger partial charge in [-0.05, 0) is 25.2 Å². The lowest BCUT2D eigenvalue weighted by Gasteiger charge is -2.19. The van der Waals surface area contributed by atoms with Gasteiger partial charge in [0, 0.05) is 5.70 Å². The zero-order valence-corrected chi connectivity index (χ0v) is 7.86. The zero-order chi connectivity index (χ0) is 8.43. The van der Waals surface area contributed by atoms with Gasteiger partial charge in [-0.15, -0.1) is 12.4 Å². The summed E-state index contributed by atoms with van der Waals surface area (Å²) in [7, 11) is 0. The van der Waals surface area contributed by atoms with E-state index in [1.807, 2.05) is 0 Å². The fourth-order valence-electron chi connectivity index (χ4n) is 1.36. The van der Waals surface area contributed by atoms with Gasteiger partial charge in [0.2, 0.25) is 0 Å². The van der Waals surface area contributed by atoms with Crippen molar-refractivity contribution in [3.05, 3.63) is 11.3 Å². The molecule has 70 valence electrons. The molecular weight excluding hydrogens is 178 g/mol. The van der Waals surface area contributed by atoms with Crippen LogP contribution in [-0.4, -0.2) is 11.1 Å². The molecule has 0 spiro atoms. The Labute approximate surface area is 78.0 Å². The van der Waals surface area contributed by atoms with Crippen LogP contribution in [0.1, 0.15) is 26.2 Å². The summed E-state index contributed by atoms with van der Waals surface area (Å²) in [6.07, 6.45) is 2.38. The Hall–Kier alpha value is -0.700. The van der Waals surface area contributed by atoms with Gasteiger partial charge in [0.1, 0.15) is 0 Å². The van der Waals surface area contributed by atoms with E-state index >= 15 is 0 Å². The van der Waals surface area contributed by atoms with Gasteiger partial charge in [-0.1, -0.05) is 6.92 Å². The second kappa shape index (κ2) is 4.36. The number of carboxylic acids is 1. The van der Waals surface area contributed by atoms with Crippen molar-refractivity contribution >= 4 is 18.4 Å². The Kier molecular flexibility index (Phi) is 4.10. The quantitative estimate of drug-likeness (QED) is 0.661. The molecule has 0 bridgehead atoms. The molecule has 1 rings (SSSR count). The molecule has 1 unspecified atom stereocenters. The molecule has 3 N–H and O–H groups in total. The third kappa shape index (κ3) is 2.41. The van der Waals surface area contributed by atoms with Gasteiger partial charge in [-0.2, -0.15) is 0 Å². The molecule has 0 aromatic rings. The van der Waals surface area contributed by atoms with E-state index in [0.717, 1.165) is 12.8 Å². The van der Waals surface area contributed by atoms with Crippen LogP contribution in [0.3, 0.4) is 0 Å². The molecule has 0 radical (unpaired) electrons. The van der Waals surface area contributed by atoms with E-state index in [4.69, 9.17) is 10.8 Å². The minimum atomic E-state index is -0.853. The highest BCUT2D eigenvalue weighted by molar-refractivity contribution is 5.87. The highest BCUT2D eigenvalue weighted by Crippen LogP contribution is 2.26. The fourth-order valence-corrected chi connectivity index (χ4v) is 1.36. The number of hydrogen-bond donors (Lipinski definition) is 2. The second-order valence-corrected chi connectivity index (χ2v) is 3.16. The summed E-state index contributed by atoms with van der Waals surface area (Å²) in [4.78, 5) is 10.6. The smallest absolute Gasteiger partial charge is 0.333 e. The van der Waals surface area contributed by atoms with Crippen LogP contribution in [-0.2, 0) is 4.79 Å². The number of halogens is 1. The van der Waals surface area contributed by atoms with Crippen molar-refractivity contribution in [2.24, 2.45) is 11.7 Å². The van der Waals surface area contributed by atoms with Crippen LogP contribution in [0.4, 0.5) is 0 Å². The molecule has 0 saturated carbocycles. The highest BCUT2D eigenvalue weighted by atomic mass is 35.5. The van der Waals surface area contributed by atoms with Crippen LogP contribution < -0.4 is 5.73 Å². The maximum Gasteiger partial charge on any atom is 0.333 e. The second-order valence-electron chi connectivity index (χ2n) is 3.16. The van der Waals surface area contributed by atoms with Crippen LogP contribution in [0.2, 0.25) is 0 Å². The third-order valence-electron chi connectivity index (χ3n) is 2.10. The molecule has 0 aliphatic heterocycles. The first-order chi connectivity index (χ1) is 5.11. The summed E-state index contributed by atoms with van der Waals surface area (Å²) < 4.78 is 0. The molecule has 0 aromatic heterocycles. The molecule has 1 atom stereocenters. The Morgan fingerprint density at radius 1 is 1.67 bits per heavy atom. The van der Waals surface area contributed by atoms with Gasteiger partial charge in [0.05, 0.1) is 5.57 Å². The Morgan fingerprint density at radius 2 is 2.25 bits per heavy atom. The number of rotatable bonds is 1. The molecule has 1 aliphatic rings. The largest absolute Gasteiger partial charge is 0.478 e. The zero-order valence-electron chi connectivity index (χ0n) is 7.04. The summed E-state index contributed by atoms with van der Waals surface area (Å²) in [6, 6.07) is 0. The van der Waals surface area contributed by atoms with Crippen molar-refractivity contribution in [1.29, 1.82) is 0 Å². The van der Waals surface area contributed by atoms with E-state index < -0.39 is 5.97 Å². The molecular formula is C8H14ClNO2. The molecule has 12 heavy (non-hydrogen) atoms. The van der Waals surface area contributed by atoms with Gasteiger partial charge in [0.25, 0.3) is 0 Å². The Bertz CT molecular complexity index is 213. The number of carboxylic acid groups (broad SMARTS) is 1. The highest BCUT2D eigenvalue weighted by Gasteiger charge is 2.20.